The highest BCUT2D eigenvalue weighted by Crippen LogP contribution is 2.28. The van der Waals surface area contributed by atoms with Crippen molar-refractivity contribution in [2.24, 2.45) is 0 Å². The maximum Gasteiger partial charge on any atom is 0.339 e. The lowest BCUT2D eigenvalue weighted by atomic mass is 10.2. The molecular formula is C12H13BrO3. The fraction of sp³-hybridized carbons (Fsp3) is 0.417. The van der Waals surface area contributed by atoms with Gasteiger partial charge < -0.3 is 9.84 Å². The van der Waals surface area contributed by atoms with E-state index in [0.29, 0.717) is 5.75 Å². The van der Waals surface area contributed by atoms with Crippen molar-refractivity contribution in [2.75, 3.05) is 0 Å². The second-order valence-electron chi connectivity index (χ2n) is 3.97. The highest BCUT2D eigenvalue weighted by molar-refractivity contribution is 9.10. The quantitative estimate of drug-likeness (QED) is 0.925. The third-order valence-electron chi connectivity index (χ3n) is 2.77. The van der Waals surface area contributed by atoms with Crippen LogP contribution in [-0.4, -0.2) is 17.2 Å². The first-order valence-electron chi connectivity index (χ1n) is 5.36. The second kappa shape index (κ2) is 4.87. The van der Waals surface area contributed by atoms with Crippen molar-refractivity contribution in [2.45, 2.75) is 31.8 Å². The van der Waals surface area contributed by atoms with E-state index in [9.17, 15) is 4.79 Å². The number of halogens is 1. The summed E-state index contributed by atoms with van der Waals surface area (Å²) in [6.07, 6.45) is 4.57. The number of aromatic carboxylic acids is 1. The van der Waals surface area contributed by atoms with Crippen molar-refractivity contribution < 1.29 is 14.6 Å². The van der Waals surface area contributed by atoms with E-state index in [2.05, 4.69) is 15.9 Å². The van der Waals surface area contributed by atoms with E-state index in [-0.39, 0.29) is 11.7 Å². The van der Waals surface area contributed by atoms with Crippen molar-refractivity contribution in [1.29, 1.82) is 0 Å². The highest BCUT2D eigenvalue weighted by atomic mass is 79.9. The van der Waals surface area contributed by atoms with Crippen molar-refractivity contribution in [3.05, 3.63) is 28.2 Å². The van der Waals surface area contributed by atoms with E-state index in [1.54, 1.807) is 18.2 Å². The zero-order valence-corrected chi connectivity index (χ0v) is 10.4. The van der Waals surface area contributed by atoms with Crippen LogP contribution < -0.4 is 4.74 Å². The second-order valence-corrected chi connectivity index (χ2v) is 4.89. The van der Waals surface area contributed by atoms with Gasteiger partial charge in [0.2, 0.25) is 0 Å². The Kier molecular flexibility index (Phi) is 3.49. The largest absolute Gasteiger partial charge is 0.490 e. The molecule has 3 nitrogen and oxygen atoms in total. The Hall–Kier alpha value is -1.03. The van der Waals surface area contributed by atoms with Crippen LogP contribution in [0.1, 0.15) is 36.0 Å². The van der Waals surface area contributed by atoms with Gasteiger partial charge in [0.1, 0.15) is 11.3 Å². The Balaban J connectivity index is 2.21. The van der Waals surface area contributed by atoms with E-state index in [1.807, 2.05) is 0 Å². The number of carboxylic acids is 1. The van der Waals surface area contributed by atoms with E-state index in [0.717, 1.165) is 17.3 Å². The summed E-state index contributed by atoms with van der Waals surface area (Å²) < 4.78 is 6.47. The van der Waals surface area contributed by atoms with Crippen molar-refractivity contribution in [1.82, 2.24) is 0 Å². The van der Waals surface area contributed by atoms with E-state index in [4.69, 9.17) is 9.84 Å². The van der Waals surface area contributed by atoms with Crippen LogP contribution in [-0.2, 0) is 0 Å². The van der Waals surface area contributed by atoms with Gasteiger partial charge in [-0.25, -0.2) is 4.79 Å². The number of carbonyl (C=O) groups is 1. The predicted molar refractivity (Wildman–Crippen MR) is 64.0 cm³/mol. The molecule has 2 rings (SSSR count). The summed E-state index contributed by atoms with van der Waals surface area (Å²) in [5.74, 6) is -0.475. The third kappa shape index (κ3) is 2.55. The molecule has 86 valence electrons. The number of hydrogen-bond donors (Lipinski definition) is 1. The minimum Gasteiger partial charge on any atom is -0.490 e. The fourth-order valence-electron chi connectivity index (χ4n) is 1.96. The van der Waals surface area contributed by atoms with Crippen LogP contribution in [0.3, 0.4) is 0 Å². The van der Waals surface area contributed by atoms with Gasteiger partial charge in [0.25, 0.3) is 0 Å². The van der Waals surface area contributed by atoms with Gasteiger partial charge in [-0.1, -0.05) is 15.9 Å². The molecular weight excluding hydrogens is 272 g/mol. The molecule has 1 fully saturated rings. The number of carboxylic acid groups (broad SMARTS) is 1. The van der Waals surface area contributed by atoms with Gasteiger partial charge in [-0.2, -0.15) is 0 Å². The van der Waals surface area contributed by atoms with Crippen LogP contribution in [0.15, 0.2) is 22.7 Å². The molecule has 1 aromatic carbocycles. The molecule has 4 heteroatoms. The average molecular weight is 285 g/mol. The molecule has 1 aromatic rings. The Morgan fingerprint density at radius 2 is 2.06 bits per heavy atom. The van der Waals surface area contributed by atoms with Crippen LogP contribution in [0.25, 0.3) is 0 Å². The molecule has 0 bridgehead atoms. The molecule has 0 heterocycles. The van der Waals surface area contributed by atoms with Crippen LogP contribution >= 0.6 is 15.9 Å². The van der Waals surface area contributed by atoms with Crippen LogP contribution in [0, 0.1) is 0 Å². The van der Waals surface area contributed by atoms with Gasteiger partial charge in [0, 0.05) is 4.47 Å². The summed E-state index contributed by atoms with van der Waals surface area (Å²) in [6.45, 7) is 0. The molecule has 0 aromatic heterocycles. The van der Waals surface area contributed by atoms with Gasteiger partial charge in [0.15, 0.2) is 0 Å². The Bertz CT molecular complexity index is 397. The van der Waals surface area contributed by atoms with Crippen molar-refractivity contribution >= 4 is 21.9 Å². The molecule has 1 aliphatic carbocycles. The minimum atomic E-state index is -0.950. The van der Waals surface area contributed by atoms with Gasteiger partial charge in [0.05, 0.1) is 6.10 Å². The van der Waals surface area contributed by atoms with E-state index in [1.165, 1.54) is 12.8 Å². The first-order chi connectivity index (χ1) is 7.66. The third-order valence-corrected chi connectivity index (χ3v) is 3.26. The Morgan fingerprint density at radius 3 is 2.69 bits per heavy atom. The number of rotatable bonds is 3. The topological polar surface area (TPSA) is 46.5 Å². The standard InChI is InChI=1S/C12H13BrO3/c13-8-5-6-11(10(7-8)12(14)15)16-9-3-1-2-4-9/h5-7,9H,1-4H2,(H,14,15). The lowest BCUT2D eigenvalue weighted by Crippen LogP contribution is -2.13. The van der Waals surface area contributed by atoms with Crippen molar-refractivity contribution in [3.8, 4) is 5.75 Å². The van der Waals surface area contributed by atoms with Gasteiger partial charge in [-0.15, -0.1) is 0 Å². The summed E-state index contributed by atoms with van der Waals surface area (Å²) >= 11 is 3.26. The summed E-state index contributed by atoms with van der Waals surface area (Å²) in [4.78, 5) is 11.0. The summed E-state index contributed by atoms with van der Waals surface area (Å²) in [7, 11) is 0. The monoisotopic (exact) mass is 284 g/mol. The molecule has 0 aliphatic heterocycles. The van der Waals surface area contributed by atoms with E-state index < -0.39 is 5.97 Å². The summed E-state index contributed by atoms with van der Waals surface area (Å²) in [5.41, 5.74) is 0.223. The lowest BCUT2D eigenvalue weighted by Gasteiger charge is -2.15. The first-order valence-corrected chi connectivity index (χ1v) is 6.15. The molecule has 1 saturated carbocycles. The van der Waals surface area contributed by atoms with Crippen LogP contribution in [0.5, 0.6) is 5.75 Å². The molecule has 1 N–H and O–H groups in total. The zero-order valence-electron chi connectivity index (χ0n) is 8.78. The number of benzene rings is 1. The molecule has 0 atom stereocenters. The molecule has 0 radical (unpaired) electrons. The smallest absolute Gasteiger partial charge is 0.339 e. The Labute approximate surface area is 103 Å². The van der Waals surface area contributed by atoms with Gasteiger partial charge in [-0.05, 0) is 43.9 Å². The Morgan fingerprint density at radius 1 is 1.38 bits per heavy atom. The molecule has 16 heavy (non-hydrogen) atoms. The lowest BCUT2D eigenvalue weighted by molar-refractivity contribution is 0.0689. The van der Waals surface area contributed by atoms with Crippen LogP contribution in [0.2, 0.25) is 0 Å². The van der Waals surface area contributed by atoms with E-state index >= 15 is 0 Å². The fourth-order valence-corrected chi connectivity index (χ4v) is 2.32. The van der Waals surface area contributed by atoms with Crippen molar-refractivity contribution in [3.63, 3.8) is 0 Å². The highest BCUT2D eigenvalue weighted by Gasteiger charge is 2.19. The molecule has 0 unspecified atom stereocenters. The summed E-state index contributed by atoms with van der Waals surface area (Å²) in [5, 5.41) is 9.06. The van der Waals surface area contributed by atoms with Gasteiger partial charge >= 0.3 is 5.97 Å². The van der Waals surface area contributed by atoms with Gasteiger partial charge in [-0.3, -0.25) is 0 Å². The average Bonchev–Trinajstić information content (AvgIpc) is 2.73. The SMILES string of the molecule is O=C(O)c1cc(Br)ccc1OC1CCCC1. The molecule has 0 saturated heterocycles. The minimum absolute atomic E-state index is 0.180. The number of hydrogen-bond acceptors (Lipinski definition) is 2. The summed E-state index contributed by atoms with van der Waals surface area (Å²) in [6, 6.07) is 5.09. The van der Waals surface area contributed by atoms with Crippen LogP contribution in [0.4, 0.5) is 0 Å². The molecule has 0 spiro atoms. The first kappa shape index (κ1) is 11.5. The molecule has 0 amide bonds. The maximum absolute atomic E-state index is 11.0. The predicted octanol–water partition coefficient (Wildman–Crippen LogP) is 3.47. The molecule has 1 aliphatic rings. The zero-order chi connectivity index (χ0) is 11.5. The normalized spacial score (nSPS) is 16.3. The maximum atomic E-state index is 11.0. The number of ether oxygens (including phenoxy) is 1.